The topological polar surface area (TPSA) is 49.4 Å². The predicted molar refractivity (Wildman–Crippen MR) is 69.5 cm³/mol. The molecule has 0 bridgehead atoms. The van der Waals surface area contributed by atoms with E-state index in [1.807, 2.05) is 0 Å². The Morgan fingerprint density at radius 3 is 2.79 bits per heavy atom. The molecule has 102 valence electrons. The number of hydrogen-bond donors (Lipinski definition) is 1. The lowest BCUT2D eigenvalue weighted by Crippen LogP contribution is -2.63. The van der Waals surface area contributed by atoms with Crippen LogP contribution in [0.5, 0.6) is 0 Å². The van der Waals surface area contributed by atoms with Gasteiger partial charge in [0.1, 0.15) is 11.4 Å². The van der Waals surface area contributed by atoms with Crippen LogP contribution < -0.4 is 5.32 Å². The summed E-state index contributed by atoms with van der Waals surface area (Å²) >= 11 is 5.66. The van der Waals surface area contributed by atoms with Crippen LogP contribution in [0.15, 0.2) is 18.2 Å². The van der Waals surface area contributed by atoms with Crippen LogP contribution in [-0.4, -0.2) is 35.3 Å². The number of carbonyl (C=O) groups is 2. The van der Waals surface area contributed by atoms with Gasteiger partial charge in [0.15, 0.2) is 0 Å². The van der Waals surface area contributed by atoms with E-state index in [-0.39, 0.29) is 16.5 Å². The smallest absolute Gasteiger partial charge is 0.257 e. The van der Waals surface area contributed by atoms with Crippen molar-refractivity contribution >= 4 is 23.4 Å². The Hall–Kier alpha value is -1.62. The zero-order valence-electron chi connectivity index (χ0n) is 10.7. The molecule has 2 amide bonds. The average molecular weight is 285 g/mol. The molecule has 0 aliphatic carbocycles. The summed E-state index contributed by atoms with van der Waals surface area (Å²) in [6, 6.07) is 3.88. The SMILES string of the molecule is CC1(C)C(=O)NCCN1C(=O)c1ccc(Cl)cc1F. The Morgan fingerprint density at radius 2 is 2.16 bits per heavy atom. The van der Waals surface area contributed by atoms with Crippen LogP contribution >= 0.6 is 11.6 Å². The normalized spacial score (nSPS) is 18.1. The second kappa shape index (κ2) is 4.81. The number of carbonyl (C=O) groups excluding carboxylic acids is 2. The first-order valence-corrected chi connectivity index (χ1v) is 6.27. The Balaban J connectivity index is 2.35. The van der Waals surface area contributed by atoms with Gasteiger partial charge in [0, 0.05) is 18.1 Å². The molecule has 0 saturated carbocycles. The lowest BCUT2D eigenvalue weighted by molar-refractivity contribution is -0.133. The molecule has 2 rings (SSSR count). The van der Waals surface area contributed by atoms with E-state index in [1.54, 1.807) is 13.8 Å². The first kappa shape index (κ1) is 13.8. The fraction of sp³-hybridized carbons (Fsp3) is 0.385. The van der Waals surface area contributed by atoms with E-state index in [0.29, 0.717) is 13.1 Å². The van der Waals surface area contributed by atoms with Gasteiger partial charge in [-0.25, -0.2) is 4.39 Å². The molecule has 1 heterocycles. The molecule has 0 radical (unpaired) electrons. The highest BCUT2D eigenvalue weighted by atomic mass is 35.5. The minimum atomic E-state index is -0.999. The van der Waals surface area contributed by atoms with Crippen LogP contribution in [0.4, 0.5) is 4.39 Å². The molecule has 1 aliphatic rings. The summed E-state index contributed by atoms with van der Waals surface area (Å²) in [6.07, 6.45) is 0. The Morgan fingerprint density at radius 1 is 1.47 bits per heavy atom. The minimum absolute atomic E-state index is 0.0767. The summed E-state index contributed by atoms with van der Waals surface area (Å²) < 4.78 is 13.8. The summed E-state index contributed by atoms with van der Waals surface area (Å²) in [5, 5.41) is 2.91. The van der Waals surface area contributed by atoms with Crippen molar-refractivity contribution < 1.29 is 14.0 Å². The maximum Gasteiger partial charge on any atom is 0.257 e. The number of hydrogen-bond acceptors (Lipinski definition) is 2. The standard InChI is InChI=1S/C13H14ClFN2O2/c1-13(2)12(19)16-5-6-17(13)11(18)9-4-3-8(14)7-10(9)15/h3-4,7H,5-6H2,1-2H3,(H,16,19). The van der Waals surface area contributed by atoms with Crippen molar-refractivity contribution in [1.29, 1.82) is 0 Å². The van der Waals surface area contributed by atoms with Gasteiger partial charge in [-0.05, 0) is 32.0 Å². The van der Waals surface area contributed by atoms with Crippen molar-refractivity contribution in [3.05, 3.63) is 34.6 Å². The molecule has 0 unspecified atom stereocenters. The minimum Gasteiger partial charge on any atom is -0.352 e. The molecule has 0 atom stereocenters. The van der Waals surface area contributed by atoms with Crippen LogP contribution in [0.1, 0.15) is 24.2 Å². The van der Waals surface area contributed by atoms with E-state index in [1.165, 1.54) is 17.0 Å². The summed E-state index contributed by atoms with van der Waals surface area (Å²) in [6.45, 7) is 3.98. The van der Waals surface area contributed by atoms with E-state index in [4.69, 9.17) is 11.6 Å². The van der Waals surface area contributed by atoms with Crippen molar-refractivity contribution in [3.8, 4) is 0 Å². The summed E-state index contributed by atoms with van der Waals surface area (Å²) in [5.74, 6) is -1.44. The second-order valence-corrected chi connectivity index (χ2v) is 5.33. The number of halogens is 2. The highest BCUT2D eigenvalue weighted by Gasteiger charge is 2.41. The largest absolute Gasteiger partial charge is 0.352 e. The number of rotatable bonds is 1. The monoisotopic (exact) mass is 284 g/mol. The average Bonchev–Trinajstić information content (AvgIpc) is 2.32. The quantitative estimate of drug-likeness (QED) is 0.855. The third-order valence-electron chi connectivity index (χ3n) is 3.26. The van der Waals surface area contributed by atoms with Crippen LogP contribution in [0.3, 0.4) is 0 Å². The number of nitrogens with one attached hydrogen (secondary N) is 1. The number of benzene rings is 1. The van der Waals surface area contributed by atoms with Gasteiger partial charge in [0.05, 0.1) is 5.56 Å². The van der Waals surface area contributed by atoms with E-state index < -0.39 is 17.3 Å². The van der Waals surface area contributed by atoms with Crippen molar-refractivity contribution in [1.82, 2.24) is 10.2 Å². The number of piperazine rings is 1. The molecular weight excluding hydrogens is 271 g/mol. The summed E-state index contributed by atoms with van der Waals surface area (Å²) in [7, 11) is 0. The number of amides is 2. The van der Waals surface area contributed by atoms with Crippen molar-refractivity contribution in [2.75, 3.05) is 13.1 Å². The zero-order chi connectivity index (χ0) is 14.2. The van der Waals surface area contributed by atoms with E-state index in [2.05, 4.69) is 5.32 Å². The van der Waals surface area contributed by atoms with E-state index in [0.717, 1.165) is 6.07 Å². The van der Waals surface area contributed by atoms with Crippen LogP contribution in [0.2, 0.25) is 5.02 Å². The second-order valence-electron chi connectivity index (χ2n) is 4.90. The van der Waals surface area contributed by atoms with E-state index in [9.17, 15) is 14.0 Å². The van der Waals surface area contributed by atoms with Gasteiger partial charge >= 0.3 is 0 Å². The molecule has 6 heteroatoms. The van der Waals surface area contributed by atoms with Crippen molar-refractivity contribution in [2.45, 2.75) is 19.4 Å². The maximum absolute atomic E-state index is 13.8. The van der Waals surface area contributed by atoms with Crippen LogP contribution in [0, 0.1) is 5.82 Å². The summed E-state index contributed by atoms with van der Waals surface area (Å²) in [4.78, 5) is 25.5. The third kappa shape index (κ3) is 2.42. The molecule has 0 spiro atoms. The van der Waals surface area contributed by atoms with Gasteiger partial charge in [0.2, 0.25) is 5.91 Å². The Kier molecular flexibility index (Phi) is 3.49. The fourth-order valence-electron chi connectivity index (χ4n) is 2.06. The molecule has 1 aromatic carbocycles. The van der Waals surface area contributed by atoms with Gasteiger partial charge < -0.3 is 10.2 Å². The highest BCUT2D eigenvalue weighted by molar-refractivity contribution is 6.30. The van der Waals surface area contributed by atoms with Gasteiger partial charge in [-0.15, -0.1) is 0 Å². The molecule has 4 nitrogen and oxygen atoms in total. The molecule has 1 fully saturated rings. The molecule has 0 aromatic heterocycles. The van der Waals surface area contributed by atoms with Gasteiger partial charge in [0.25, 0.3) is 5.91 Å². The Bertz CT molecular complexity index is 545. The van der Waals surface area contributed by atoms with Gasteiger partial charge in [-0.2, -0.15) is 0 Å². The first-order chi connectivity index (χ1) is 8.84. The van der Waals surface area contributed by atoms with Crippen LogP contribution in [0.25, 0.3) is 0 Å². The Labute approximate surface area is 115 Å². The van der Waals surface area contributed by atoms with Crippen LogP contribution in [-0.2, 0) is 4.79 Å². The molecule has 1 N–H and O–H groups in total. The molecule has 1 saturated heterocycles. The first-order valence-electron chi connectivity index (χ1n) is 5.89. The fourth-order valence-corrected chi connectivity index (χ4v) is 2.22. The van der Waals surface area contributed by atoms with E-state index >= 15 is 0 Å². The van der Waals surface area contributed by atoms with Crippen molar-refractivity contribution in [3.63, 3.8) is 0 Å². The van der Waals surface area contributed by atoms with Crippen molar-refractivity contribution in [2.24, 2.45) is 0 Å². The molecule has 19 heavy (non-hydrogen) atoms. The van der Waals surface area contributed by atoms with Gasteiger partial charge in [-0.3, -0.25) is 9.59 Å². The molecular formula is C13H14ClFN2O2. The molecule has 1 aliphatic heterocycles. The zero-order valence-corrected chi connectivity index (χ0v) is 11.4. The maximum atomic E-state index is 13.8. The number of nitrogens with zero attached hydrogens (tertiary/aromatic N) is 1. The van der Waals surface area contributed by atoms with Gasteiger partial charge in [-0.1, -0.05) is 11.6 Å². The lowest BCUT2D eigenvalue weighted by atomic mass is 9.97. The third-order valence-corrected chi connectivity index (χ3v) is 3.49. The summed E-state index contributed by atoms with van der Waals surface area (Å²) in [5.41, 5.74) is -1.08. The predicted octanol–water partition coefficient (Wildman–Crippen LogP) is 1.83. The highest BCUT2D eigenvalue weighted by Crippen LogP contribution is 2.23. The lowest BCUT2D eigenvalue weighted by Gasteiger charge is -2.41. The molecule has 1 aromatic rings.